The first-order valence-electron chi connectivity index (χ1n) is 9.87. The molecule has 7 heteroatoms. The van der Waals surface area contributed by atoms with Gasteiger partial charge in [-0.1, -0.05) is 35.9 Å². The highest BCUT2D eigenvalue weighted by Crippen LogP contribution is 2.17. The summed E-state index contributed by atoms with van der Waals surface area (Å²) in [7, 11) is 0. The van der Waals surface area contributed by atoms with E-state index >= 15 is 0 Å². The highest BCUT2D eigenvalue weighted by atomic mass is 35.5. The van der Waals surface area contributed by atoms with E-state index in [0.29, 0.717) is 42.3 Å². The van der Waals surface area contributed by atoms with Crippen LogP contribution in [0.2, 0.25) is 5.02 Å². The maximum Gasteiger partial charge on any atom is 0.255 e. The third-order valence-electron chi connectivity index (χ3n) is 4.64. The van der Waals surface area contributed by atoms with Crippen molar-refractivity contribution in [3.05, 3.63) is 100 Å². The molecule has 0 bridgehead atoms. The van der Waals surface area contributed by atoms with Crippen LogP contribution < -0.4 is 11.1 Å². The molecule has 0 aromatic heterocycles. The summed E-state index contributed by atoms with van der Waals surface area (Å²) in [5.41, 5.74) is 7.77. The smallest absolute Gasteiger partial charge is 0.255 e. The molecule has 3 rings (SSSR count). The highest BCUT2D eigenvalue weighted by molar-refractivity contribution is 6.31. The minimum atomic E-state index is -0.463. The van der Waals surface area contributed by atoms with Gasteiger partial charge in [0.2, 0.25) is 0 Å². The lowest BCUT2D eigenvalue weighted by molar-refractivity contribution is 0.0741. The van der Waals surface area contributed by atoms with E-state index in [2.05, 4.69) is 5.32 Å². The van der Waals surface area contributed by atoms with Crippen molar-refractivity contribution in [2.75, 3.05) is 18.4 Å². The predicted octanol–water partition coefficient (Wildman–Crippen LogP) is 4.72. The van der Waals surface area contributed by atoms with Crippen molar-refractivity contribution in [3.8, 4) is 0 Å². The minimum absolute atomic E-state index is 0.277. The van der Waals surface area contributed by atoms with E-state index in [1.54, 1.807) is 53.4 Å². The number of benzene rings is 3. The van der Waals surface area contributed by atoms with Crippen LogP contribution in [0, 0.1) is 5.82 Å². The van der Waals surface area contributed by atoms with Crippen LogP contribution in [0.1, 0.15) is 32.7 Å². The van der Waals surface area contributed by atoms with E-state index in [9.17, 15) is 14.0 Å². The summed E-state index contributed by atoms with van der Waals surface area (Å²) >= 11 is 5.96. The van der Waals surface area contributed by atoms with Crippen LogP contribution in [0.25, 0.3) is 0 Å². The minimum Gasteiger partial charge on any atom is -0.334 e. The Balaban J connectivity index is 1.75. The number of nitrogens with two attached hydrogens (primary N) is 1. The second kappa shape index (κ2) is 10.7. The molecular weight excluding hydrogens is 417 g/mol. The number of hydrogen-bond acceptors (Lipinski definition) is 3. The fourth-order valence-electron chi connectivity index (χ4n) is 3.14. The van der Waals surface area contributed by atoms with Gasteiger partial charge in [0.25, 0.3) is 11.8 Å². The molecular formula is C24H23ClFN3O2. The molecule has 0 atom stereocenters. The maximum atomic E-state index is 13.6. The van der Waals surface area contributed by atoms with Crippen molar-refractivity contribution >= 4 is 29.1 Å². The number of nitrogens with one attached hydrogen (secondary N) is 1. The van der Waals surface area contributed by atoms with Gasteiger partial charge in [-0.2, -0.15) is 0 Å². The third-order valence-corrected chi connectivity index (χ3v) is 4.87. The fourth-order valence-corrected chi connectivity index (χ4v) is 3.33. The fraction of sp³-hybridized carbons (Fsp3) is 0.167. The SMILES string of the molecule is NCCCN(Cc1cccc(NC(=O)c2cccc(Cl)c2)c1)C(=O)c1cccc(F)c1. The Morgan fingerprint density at radius 1 is 0.968 bits per heavy atom. The molecule has 3 N–H and O–H groups in total. The predicted molar refractivity (Wildman–Crippen MR) is 121 cm³/mol. The normalized spacial score (nSPS) is 10.5. The number of carbonyl (C=O) groups excluding carboxylic acids is 2. The molecule has 0 saturated carbocycles. The average Bonchev–Trinajstić information content (AvgIpc) is 2.76. The first-order valence-corrected chi connectivity index (χ1v) is 10.2. The van der Waals surface area contributed by atoms with Crippen LogP contribution in [0.4, 0.5) is 10.1 Å². The van der Waals surface area contributed by atoms with Crippen molar-refractivity contribution in [1.82, 2.24) is 4.90 Å². The Morgan fingerprint density at radius 2 is 1.71 bits per heavy atom. The van der Waals surface area contributed by atoms with Crippen LogP contribution in [-0.2, 0) is 6.54 Å². The maximum absolute atomic E-state index is 13.6. The summed E-state index contributed by atoms with van der Waals surface area (Å²) in [5.74, 6) is -1.02. The average molecular weight is 440 g/mol. The van der Waals surface area contributed by atoms with Crippen LogP contribution in [0.15, 0.2) is 72.8 Å². The molecule has 0 aliphatic rings. The highest BCUT2D eigenvalue weighted by Gasteiger charge is 2.17. The molecule has 3 aromatic rings. The summed E-state index contributed by atoms with van der Waals surface area (Å²) in [6.45, 7) is 1.17. The van der Waals surface area contributed by atoms with Gasteiger partial charge in [0.15, 0.2) is 0 Å². The number of halogens is 2. The lowest BCUT2D eigenvalue weighted by Gasteiger charge is -2.23. The van der Waals surface area contributed by atoms with E-state index in [1.165, 1.54) is 18.2 Å². The van der Waals surface area contributed by atoms with Gasteiger partial charge in [-0.3, -0.25) is 9.59 Å². The second-order valence-corrected chi connectivity index (χ2v) is 7.48. The molecule has 0 heterocycles. The van der Waals surface area contributed by atoms with Gasteiger partial charge in [-0.25, -0.2) is 4.39 Å². The van der Waals surface area contributed by atoms with Crippen LogP contribution >= 0.6 is 11.6 Å². The monoisotopic (exact) mass is 439 g/mol. The molecule has 3 aromatic carbocycles. The van der Waals surface area contributed by atoms with Crippen LogP contribution in [0.3, 0.4) is 0 Å². The van der Waals surface area contributed by atoms with Crippen molar-refractivity contribution < 1.29 is 14.0 Å². The Morgan fingerprint density at radius 3 is 2.45 bits per heavy atom. The topological polar surface area (TPSA) is 75.4 Å². The number of rotatable bonds is 8. The summed E-state index contributed by atoms with van der Waals surface area (Å²) in [6.07, 6.45) is 0.617. The molecule has 0 spiro atoms. The summed E-state index contributed by atoms with van der Waals surface area (Å²) in [4.78, 5) is 27.0. The van der Waals surface area contributed by atoms with Crippen LogP contribution in [0.5, 0.6) is 0 Å². The Labute approximate surface area is 185 Å². The first-order chi connectivity index (χ1) is 15.0. The van der Waals surface area contributed by atoms with Gasteiger partial charge in [-0.05, 0) is 67.1 Å². The molecule has 0 aliphatic heterocycles. The summed E-state index contributed by atoms with van der Waals surface area (Å²) in [6, 6.07) is 19.5. The zero-order valence-electron chi connectivity index (χ0n) is 16.9. The standard InChI is InChI=1S/C24H23ClFN3O2/c25-20-8-2-6-18(14-20)23(30)28-22-10-1-5-17(13-22)16-29(12-4-11-27)24(31)19-7-3-9-21(26)15-19/h1-3,5-10,13-15H,4,11-12,16,27H2,(H,28,30). The molecule has 0 unspecified atom stereocenters. The number of anilines is 1. The van der Waals surface area contributed by atoms with Crippen LogP contribution in [-0.4, -0.2) is 29.8 Å². The van der Waals surface area contributed by atoms with Crippen molar-refractivity contribution in [2.24, 2.45) is 5.73 Å². The molecule has 160 valence electrons. The molecule has 2 amide bonds. The van der Waals surface area contributed by atoms with E-state index in [1.807, 2.05) is 6.07 Å². The number of carbonyl (C=O) groups is 2. The van der Waals surface area contributed by atoms with E-state index < -0.39 is 5.82 Å². The second-order valence-electron chi connectivity index (χ2n) is 7.04. The van der Waals surface area contributed by atoms with Crippen molar-refractivity contribution in [2.45, 2.75) is 13.0 Å². The Hall–Kier alpha value is -3.22. The molecule has 0 radical (unpaired) electrons. The number of hydrogen-bond donors (Lipinski definition) is 2. The third kappa shape index (κ3) is 6.38. The number of amides is 2. The van der Waals surface area contributed by atoms with E-state index in [0.717, 1.165) is 5.56 Å². The lowest BCUT2D eigenvalue weighted by Crippen LogP contribution is -2.32. The Bertz CT molecular complexity index is 1070. The van der Waals surface area contributed by atoms with Crippen molar-refractivity contribution in [3.63, 3.8) is 0 Å². The first kappa shape index (κ1) is 22.5. The van der Waals surface area contributed by atoms with Gasteiger partial charge in [0, 0.05) is 34.9 Å². The molecule has 0 aliphatic carbocycles. The van der Waals surface area contributed by atoms with Gasteiger partial charge >= 0.3 is 0 Å². The molecule has 0 saturated heterocycles. The quantitative estimate of drug-likeness (QED) is 0.533. The van der Waals surface area contributed by atoms with Gasteiger partial charge in [0.05, 0.1) is 0 Å². The van der Waals surface area contributed by atoms with E-state index in [-0.39, 0.29) is 17.4 Å². The van der Waals surface area contributed by atoms with Crippen molar-refractivity contribution in [1.29, 1.82) is 0 Å². The lowest BCUT2D eigenvalue weighted by atomic mass is 10.1. The Kier molecular flexibility index (Phi) is 7.76. The van der Waals surface area contributed by atoms with E-state index in [4.69, 9.17) is 17.3 Å². The molecule has 31 heavy (non-hydrogen) atoms. The largest absolute Gasteiger partial charge is 0.334 e. The zero-order chi connectivity index (χ0) is 22.2. The molecule has 5 nitrogen and oxygen atoms in total. The summed E-state index contributed by atoms with van der Waals surface area (Å²) < 4.78 is 13.6. The van der Waals surface area contributed by atoms with Gasteiger partial charge < -0.3 is 16.0 Å². The zero-order valence-corrected chi connectivity index (χ0v) is 17.6. The van der Waals surface area contributed by atoms with Gasteiger partial charge in [0.1, 0.15) is 5.82 Å². The van der Waals surface area contributed by atoms with Gasteiger partial charge in [-0.15, -0.1) is 0 Å². The summed E-state index contributed by atoms with van der Waals surface area (Å²) in [5, 5.41) is 3.32. The molecule has 0 fully saturated rings. The number of nitrogens with zero attached hydrogens (tertiary/aromatic N) is 1.